The molecule has 0 aromatic carbocycles. The van der Waals surface area contributed by atoms with Gasteiger partial charge in [-0.2, -0.15) is 0 Å². The molecule has 1 aromatic heterocycles. The predicted octanol–water partition coefficient (Wildman–Crippen LogP) is 1.19. The molecule has 1 saturated heterocycles. The zero-order chi connectivity index (χ0) is 10.9. The van der Waals surface area contributed by atoms with Crippen LogP contribution in [0.4, 0.5) is 0 Å². The Kier molecular flexibility index (Phi) is 2.78. The highest BCUT2D eigenvalue weighted by atomic mass is 15.4. The maximum Gasteiger partial charge on any atom is 0.0830 e. The third kappa shape index (κ3) is 2.56. The van der Waals surface area contributed by atoms with E-state index < -0.39 is 0 Å². The number of nitrogens with zero attached hydrogens (tertiary/aromatic N) is 3. The van der Waals surface area contributed by atoms with E-state index in [4.69, 9.17) is 0 Å². The van der Waals surface area contributed by atoms with Crippen LogP contribution in [0.15, 0.2) is 6.20 Å². The van der Waals surface area contributed by atoms with Crippen LogP contribution < -0.4 is 5.32 Å². The molecule has 0 spiro atoms. The van der Waals surface area contributed by atoms with Crippen molar-refractivity contribution < 1.29 is 0 Å². The Morgan fingerprint density at radius 1 is 1.53 bits per heavy atom. The van der Waals surface area contributed by atoms with E-state index in [1.165, 1.54) is 6.42 Å². The van der Waals surface area contributed by atoms with Gasteiger partial charge >= 0.3 is 0 Å². The number of hydrogen-bond acceptors (Lipinski definition) is 3. The zero-order valence-electron chi connectivity index (χ0n) is 9.82. The summed E-state index contributed by atoms with van der Waals surface area (Å²) in [7, 11) is 0. The number of aromatic nitrogens is 3. The summed E-state index contributed by atoms with van der Waals surface area (Å²) in [4.78, 5) is 0. The van der Waals surface area contributed by atoms with Crippen molar-refractivity contribution >= 4 is 0 Å². The second-order valence-corrected chi connectivity index (χ2v) is 5.39. The van der Waals surface area contributed by atoms with Crippen molar-refractivity contribution in [3.8, 4) is 0 Å². The number of nitrogens with one attached hydrogen (secondary N) is 1. The lowest BCUT2D eigenvalue weighted by Crippen LogP contribution is -2.22. The third-order valence-electron chi connectivity index (χ3n) is 2.89. The fraction of sp³-hybridized carbons (Fsp3) is 0.818. The Bertz CT molecular complexity index is 318. The smallest absolute Gasteiger partial charge is 0.0830 e. The molecule has 1 aliphatic heterocycles. The molecule has 1 fully saturated rings. The van der Waals surface area contributed by atoms with Crippen molar-refractivity contribution in [2.75, 3.05) is 13.1 Å². The molecule has 2 rings (SSSR count). The summed E-state index contributed by atoms with van der Waals surface area (Å²) in [6.45, 7) is 8.70. The van der Waals surface area contributed by atoms with Crippen LogP contribution in [0.1, 0.15) is 32.9 Å². The monoisotopic (exact) mass is 208 g/mol. The summed E-state index contributed by atoms with van der Waals surface area (Å²) in [5, 5.41) is 11.8. The summed E-state index contributed by atoms with van der Waals surface area (Å²) in [6.07, 6.45) is 4.41. The van der Waals surface area contributed by atoms with Gasteiger partial charge in [0.1, 0.15) is 0 Å². The highest BCUT2D eigenvalue weighted by molar-refractivity contribution is 4.97. The molecule has 1 aliphatic rings. The van der Waals surface area contributed by atoms with Gasteiger partial charge in [0.05, 0.1) is 11.2 Å². The molecule has 1 N–H and O–H groups in total. The molecule has 0 saturated carbocycles. The van der Waals surface area contributed by atoms with Gasteiger partial charge in [0, 0.05) is 6.20 Å². The minimum absolute atomic E-state index is 0.0408. The van der Waals surface area contributed by atoms with E-state index in [9.17, 15) is 0 Å². The Hall–Kier alpha value is -0.900. The van der Waals surface area contributed by atoms with Crippen molar-refractivity contribution in [2.45, 2.75) is 39.2 Å². The average Bonchev–Trinajstić information content (AvgIpc) is 2.73. The lowest BCUT2D eigenvalue weighted by atomic mass is 10.0. The SMILES string of the molecule is CC(C)(C)n1cc(CC2CCNC2)nn1. The molecule has 0 aliphatic carbocycles. The van der Waals surface area contributed by atoms with Crippen LogP contribution in [0, 0.1) is 5.92 Å². The van der Waals surface area contributed by atoms with Gasteiger partial charge in [-0.05, 0) is 52.6 Å². The molecule has 0 bridgehead atoms. The summed E-state index contributed by atoms with van der Waals surface area (Å²) in [5.74, 6) is 0.745. The second-order valence-electron chi connectivity index (χ2n) is 5.39. The van der Waals surface area contributed by atoms with Gasteiger partial charge < -0.3 is 5.32 Å². The van der Waals surface area contributed by atoms with Crippen LogP contribution in [0.2, 0.25) is 0 Å². The van der Waals surface area contributed by atoms with Crippen LogP contribution in [-0.2, 0) is 12.0 Å². The average molecular weight is 208 g/mol. The first-order valence-electron chi connectivity index (χ1n) is 5.68. The summed E-state index contributed by atoms with van der Waals surface area (Å²) < 4.78 is 1.95. The van der Waals surface area contributed by atoms with E-state index >= 15 is 0 Å². The highest BCUT2D eigenvalue weighted by Gasteiger charge is 2.19. The molecule has 4 heteroatoms. The molecule has 2 heterocycles. The second kappa shape index (κ2) is 3.93. The van der Waals surface area contributed by atoms with Crippen LogP contribution in [0.5, 0.6) is 0 Å². The predicted molar refractivity (Wildman–Crippen MR) is 59.7 cm³/mol. The molecule has 1 unspecified atom stereocenters. The fourth-order valence-electron chi connectivity index (χ4n) is 1.90. The van der Waals surface area contributed by atoms with Gasteiger partial charge in [-0.1, -0.05) is 5.21 Å². The molecule has 15 heavy (non-hydrogen) atoms. The minimum atomic E-state index is 0.0408. The van der Waals surface area contributed by atoms with E-state index in [1.807, 2.05) is 4.68 Å². The quantitative estimate of drug-likeness (QED) is 0.793. The Morgan fingerprint density at radius 3 is 2.87 bits per heavy atom. The van der Waals surface area contributed by atoms with Gasteiger partial charge in [-0.25, -0.2) is 4.68 Å². The molecule has 0 amide bonds. The van der Waals surface area contributed by atoms with E-state index in [2.05, 4.69) is 42.6 Å². The van der Waals surface area contributed by atoms with Crippen molar-refractivity contribution in [1.82, 2.24) is 20.3 Å². The van der Waals surface area contributed by atoms with Crippen molar-refractivity contribution in [3.05, 3.63) is 11.9 Å². The molecule has 4 nitrogen and oxygen atoms in total. The number of hydrogen-bond donors (Lipinski definition) is 1. The first-order chi connectivity index (χ1) is 7.05. The van der Waals surface area contributed by atoms with E-state index in [0.717, 1.165) is 31.1 Å². The molecule has 1 aromatic rings. The number of rotatable bonds is 2. The summed E-state index contributed by atoms with van der Waals surface area (Å²) in [6, 6.07) is 0. The first kappa shape index (κ1) is 10.6. The standard InChI is InChI=1S/C11H20N4/c1-11(2,3)15-8-10(13-14-15)6-9-4-5-12-7-9/h8-9,12H,4-7H2,1-3H3. The Labute approximate surface area is 91.1 Å². The molecule has 84 valence electrons. The van der Waals surface area contributed by atoms with Gasteiger partial charge in [-0.3, -0.25) is 0 Å². The topological polar surface area (TPSA) is 42.7 Å². The van der Waals surface area contributed by atoms with Crippen molar-refractivity contribution in [1.29, 1.82) is 0 Å². The fourth-order valence-corrected chi connectivity index (χ4v) is 1.90. The highest BCUT2D eigenvalue weighted by Crippen LogP contribution is 2.16. The van der Waals surface area contributed by atoms with Crippen molar-refractivity contribution in [3.63, 3.8) is 0 Å². The summed E-state index contributed by atoms with van der Waals surface area (Å²) >= 11 is 0. The normalized spacial score (nSPS) is 22.2. The lowest BCUT2D eigenvalue weighted by Gasteiger charge is -2.17. The minimum Gasteiger partial charge on any atom is -0.316 e. The Balaban J connectivity index is 2.00. The first-order valence-corrected chi connectivity index (χ1v) is 5.68. The van der Waals surface area contributed by atoms with Gasteiger partial charge in [0.2, 0.25) is 0 Å². The van der Waals surface area contributed by atoms with Gasteiger partial charge in [0.15, 0.2) is 0 Å². The van der Waals surface area contributed by atoms with Crippen LogP contribution in [-0.4, -0.2) is 28.1 Å². The largest absolute Gasteiger partial charge is 0.316 e. The van der Waals surface area contributed by atoms with Crippen LogP contribution >= 0.6 is 0 Å². The van der Waals surface area contributed by atoms with E-state index in [1.54, 1.807) is 0 Å². The molecule has 1 atom stereocenters. The van der Waals surface area contributed by atoms with Crippen LogP contribution in [0.3, 0.4) is 0 Å². The lowest BCUT2D eigenvalue weighted by molar-refractivity contribution is 0.346. The van der Waals surface area contributed by atoms with Gasteiger partial charge in [-0.15, -0.1) is 5.10 Å². The Morgan fingerprint density at radius 2 is 2.33 bits per heavy atom. The zero-order valence-corrected chi connectivity index (χ0v) is 9.82. The van der Waals surface area contributed by atoms with Gasteiger partial charge in [0.25, 0.3) is 0 Å². The van der Waals surface area contributed by atoms with E-state index in [-0.39, 0.29) is 5.54 Å². The molecular weight excluding hydrogens is 188 g/mol. The van der Waals surface area contributed by atoms with Crippen molar-refractivity contribution in [2.24, 2.45) is 5.92 Å². The maximum absolute atomic E-state index is 4.23. The maximum atomic E-state index is 4.23. The molecule has 0 radical (unpaired) electrons. The van der Waals surface area contributed by atoms with E-state index in [0.29, 0.717) is 0 Å². The molecular formula is C11H20N4. The third-order valence-corrected chi connectivity index (χ3v) is 2.89. The summed E-state index contributed by atoms with van der Waals surface area (Å²) in [5.41, 5.74) is 1.16. The van der Waals surface area contributed by atoms with Crippen LogP contribution in [0.25, 0.3) is 0 Å².